The van der Waals surface area contributed by atoms with E-state index in [1.54, 1.807) is 24.5 Å². The minimum Gasteiger partial charge on any atom is -0.552 e. The van der Waals surface area contributed by atoms with Gasteiger partial charge in [-0.2, -0.15) is 0 Å². The van der Waals surface area contributed by atoms with Gasteiger partial charge in [-0.1, -0.05) is 48.5 Å². The van der Waals surface area contributed by atoms with Crippen LogP contribution in [-0.4, -0.2) is 30.9 Å². The van der Waals surface area contributed by atoms with E-state index in [2.05, 4.69) is 39.0 Å². The Kier molecular flexibility index (Phi) is 9.70. The second-order valence-corrected chi connectivity index (χ2v) is 7.84. The Hall–Kier alpha value is -2.88. The van der Waals surface area contributed by atoms with Gasteiger partial charge < -0.3 is 20.1 Å². The van der Waals surface area contributed by atoms with Crippen LogP contribution < -0.4 is 5.11 Å². The third kappa shape index (κ3) is 6.81. The van der Waals surface area contributed by atoms with Gasteiger partial charge in [-0.05, 0) is 31.2 Å². The summed E-state index contributed by atoms with van der Waals surface area (Å²) >= 11 is 0. The predicted octanol–water partition coefficient (Wildman–Crippen LogP) is 1.67. The van der Waals surface area contributed by atoms with Gasteiger partial charge in [0.1, 0.15) is 10.0 Å². The summed E-state index contributed by atoms with van der Waals surface area (Å²) in [5, 5.41) is 12.3. The summed E-state index contributed by atoms with van der Waals surface area (Å²) in [6.07, 6.45) is 3.60. The monoisotopic (exact) mass is 489 g/mol. The van der Waals surface area contributed by atoms with E-state index in [0.29, 0.717) is 0 Å². The normalized spacial score (nSPS) is 10.4. The Morgan fingerprint density at radius 1 is 0.903 bits per heavy atom. The van der Waals surface area contributed by atoms with E-state index in [9.17, 15) is 18.3 Å². The average Bonchev–Trinajstić information content (AvgIpc) is 2.73. The maximum absolute atomic E-state index is 11.4. The predicted molar refractivity (Wildman–Crippen MR) is 114 cm³/mol. The summed E-state index contributed by atoms with van der Waals surface area (Å²) in [4.78, 5) is 18.7. The number of aryl methyl sites for hydroxylation is 1. The number of benzene rings is 2. The van der Waals surface area contributed by atoms with Crippen LogP contribution in [-0.2, 0) is 37.4 Å². The summed E-state index contributed by atoms with van der Waals surface area (Å²) in [6, 6.07) is 18.1. The molecule has 0 atom stereocenters. The van der Waals surface area contributed by atoms with E-state index in [4.69, 9.17) is 0 Å². The van der Waals surface area contributed by atoms with E-state index >= 15 is 0 Å². The van der Waals surface area contributed by atoms with Crippen LogP contribution >= 0.6 is 0 Å². The van der Waals surface area contributed by atoms with Crippen molar-refractivity contribution < 1.29 is 40.9 Å². The second-order valence-electron chi connectivity index (χ2n) is 6.16. The van der Waals surface area contributed by atoms with Crippen LogP contribution in [0.15, 0.2) is 78.0 Å². The second kappa shape index (κ2) is 11.5. The Bertz CT molecular complexity index is 1210. The van der Waals surface area contributed by atoms with Crippen molar-refractivity contribution in [3.8, 4) is 0 Å². The van der Waals surface area contributed by atoms with Gasteiger partial charge in [0.2, 0.25) is 0 Å². The van der Waals surface area contributed by atoms with Crippen LogP contribution in [0.3, 0.4) is 0 Å². The number of nitrogens with zero attached hydrogens (tertiary/aromatic N) is 3. The van der Waals surface area contributed by atoms with Crippen LogP contribution in [0.5, 0.6) is 0 Å². The first kappa shape index (κ1) is 26.2. The summed E-state index contributed by atoms with van der Waals surface area (Å²) in [5.41, 5.74) is 2.87. The molecule has 4 aromatic rings. The molecule has 0 saturated heterocycles. The first-order chi connectivity index (χ1) is 13.9. The third-order valence-electron chi connectivity index (χ3n) is 4.03. The summed E-state index contributed by atoms with van der Waals surface area (Å²) < 4.78 is 25.8. The number of carbonyl (C=O) groups excluding carboxylic acids is 1. The number of sulfonamides is 1. The Labute approximate surface area is 190 Å². The van der Waals surface area contributed by atoms with Crippen LogP contribution in [0.4, 0.5) is 0 Å². The fourth-order valence-corrected chi connectivity index (χ4v) is 3.51. The number of hydrogen-bond donors (Lipinski definition) is 0. The molecule has 0 unspecified atom stereocenters. The van der Waals surface area contributed by atoms with Crippen molar-refractivity contribution in [1.82, 2.24) is 9.97 Å². The molecule has 1 radical (unpaired) electrons. The van der Waals surface area contributed by atoms with Crippen molar-refractivity contribution in [2.24, 2.45) is 0 Å². The Morgan fingerprint density at radius 3 is 1.84 bits per heavy atom. The zero-order chi connectivity index (χ0) is 20.9. The van der Waals surface area contributed by atoms with Crippen molar-refractivity contribution in [2.45, 2.75) is 11.8 Å². The van der Waals surface area contributed by atoms with Crippen LogP contribution in [0.2, 0.25) is 0 Å². The molecular formula is C21H20CuN3O5S+. The number of aliphatic carboxylic acids is 1. The average molecular weight is 490 g/mol. The molecule has 0 aliphatic heterocycles. The van der Waals surface area contributed by atoms with E-state index < -0.39 is 22.5 Å². The van der Waals surface area contributed by atoms with Gasteiger partial charge in [-0.25, -0.2) is 8.42 Å². The van der Waals surface area contributed by atoms with Gasteiger partial charge in [0.05, 0.1) is 11.0 Å². The number of fused-ring (bicyclic) bond motifs is 3. The van der Waals surface area contributed by atoms with Gasteiger partial charge >= 0.3 is 17.1 Å². The minimum atomic E-state index is -3.87. The molecule has 0 aliphatic carbocycles. The fourth-order valence-electron chi connectivity index (χ4n) is 2.60. The Morgan fingerprint density at radius 2 is 1.39 bits per heavy atom. The first-order valence-corrected chi connectivity index (χ1v) is 10.1. The SMILES string of the molecule is Cc1ccc(S(=O)(=O)[N-]CC(=O)[O-])cc1.[Cu+2].[OH3+].c1cnc2c(c1)ccc1cccnc12. The first-order valence-electron chi connectivity index (χ1n) is 8.65. The summed E-state index contributed by atoms with van der Waals surface area (Å²) in [5.74, 6) is -1.52. The zero-order valence-corrected chi connectivity index (χ0v) is 18.2. The molecular weight excluding hydrogens is 470 g/mol. The van der Waals surface area contributed by atoms with E-state index in [1.165, 1.54) is 12.1 Å². The smallest absolute Gasteiger partial charge is 0.552 e. The van der Waals surface area contributed by atoms with E-state index in [0.717, 1.165) is 27.4 Å². The van der Waals surface area contributed by atoms with Crippen LogP contribution in [0.25, 0.3) is 26.5 Å². The van der Waals surface area contributed by atoms with Crippen molar-refractivity contribution in [1.29, 1.82) is 0 Å². The Balaban J connectivity index is 0.000000291. The largest absolute Gasteiger partial charge is 2.00 e. The molecule has 10 heteroatoms. The third-order valence-corrected chi connectivity index (χ3v) is 5.36. The molecule has 2 aromatic heterocycles. The number of rotatable bonds is 4. The standard InChI is InChI=1S/C12H8N2.C9H10NO4S.Cu.H2O/c1-3-9-5-6-10-4-2-8-14-12(10)11(9)13-7-1;1-7-2-4-8(5-3-7)15(13,14)10-6-9(11)12;;/h1-8H;2-5H,6H2,1H3,(H,11,12);;1H2/q;-1;+2;. The number of carboxylic acid groups (broad SMARTS) is 1. The molecule has 165 valence electrons. The van der Waals surface area contributed by atoms with Gasteiger partial charge in [-0.3, -0.25) is 9.97 Å². The zero-order valence-electron chi connectivity index (χ0n) is 16.4. The quantitative estimate of drug-likeness (QED) is 0.242. The molecule has 3 N–H and O–H groups in total. The van der Waals surface area contributed by atoms with Crippen molar-refractivity contribution >= 4 is 37.8 Å². The van der Waals surface area contributed by atoms with Crippen LogP contribution in [0.1, 0.15) is 5.56 Å². The molecule has 0 aliphatic rings. The molecule has 4 rings (SSSR count). The van der Waals surface area contributed by atoms with Gasteiger partial charge in [-0.15, -0.1) is 0 Å². The molecule has 8 nitrogen and oxygen atoms in total. The van der Waals surface area contributed by atoms with E-state index in [1.807, 2.05) is 19.1 Å². The number of carboxylic acids is 1. The van der Waals surface area contributed by atoms with E-state index in [-0.39, 0.29) is 27.4 Å². The molecule has 31 heavy (non-hydrogen) atoms. The van der Waals surface area contributed by atoms with Gasteiger partial charge in [0, 0.05) is 34.0 Å². The molecule has 0 amide bonds. The molecule has 2 aromatic carbocycles. The molecule has 0 spiro atoms. The number of carbonyl (C=O) groups is 1. The van der Waals surface area contributed by atoms with Gasteiger partial charge in [0.25, 0.3) is 0 Å². The fraction of sp³-hybridized carbons (Fsp3) is 0.0952. The summed E-state index contributed by atoms with van der Waals surface area (Å²) in [7, 11) is -3.87. The maximum Gasteiger partial charge on any atom is 2.00 e. The minimum absolute atomic E-state index is 0. The molecule has 0 bridgehead atoms. The van der Waals surface area contributed by atoms with Gasteiger partial charge in [0.15, 0.2) is 0 Å². The molecule has 0 saturated carbocycles. The summed E-state index contributed by atoms with van der Waals surface area (Å²) in [6.45, 7) is 0.963. The number of pyridine rings is 2. The molecule has 0 fully saturated rings. The van der Waals surface area contributed by atoms with Crippen molar-refractivity contribution in [3.05, 3.63) is 83.3 Å². The topological polar surface area (TPSA) is 147 Å². The maximum atomic E-state index is 11.4. The number of aromatic nitrogens is 2. The van der Waals surface area contributed by atoms with Crippen LogP contribution in [0, 0.1) is 6.92 Å². The number of hydrogen-bond acceptors (Lipinski definition) is 6. The molecule has 2 heterocycles. The van der Waals surface area contributed by atoms with Crippen molar-refractivity contribution in [2.75, 3.05) is 6.54 Å². The van der Waals surface area contributed by atoms with Crippen molar-refractivity contribution in [3.63, 3.8) is 0 Å².